The topological polar surface area (TPSA) is 67.9 Å². The van der Waals surface area contributed by atoms with Gasteiger partial charge in [0.15, 0.2) is 0 Å². The largest absolute Gasteiger partial charge is 0.489 e. The number of ether oxygens (including phenoxy) is 2. The van der Waals surface area contributed by atoms with Gasteiger partial charge >= 0.3 is 5.97 Å². The second-order valence-electron chi connectivity index (χ2n) is 10.7. The lowest BCUT2D eigenvalue weighted by atomic mass is 9.88. The Morgan fingerprint density at radius 1 is 0.949 bits per heavy atom. The minimum atomic E-state index is -0.347. The van der Waals surface area contributed by atoms with Crippen LogP contribution in [0.1, 0.15) is 54.4 Å². The van der Waals surface area contributed by atoms with Crippen LogP contribution in [0.2, 0.25) is 0 Å². The van der Waals surface area contributed by atoms with E-state index in [0.29, 0.717) is 24.6 Å². The fraction of sp³-hybridized carbons (Fsp3) is 0.394. The smallest absolute Gasteiger partial charge is 0.337 e. The number of nitrogens with zero attached hydrogens (tertiary/aromatic N) is 1. The summed E-state index contributed by atoms with van der Waals surface area (Å²) in [6.45, 7) is 2.67. The minimum absolute atomic E-state index is 0.218. The van der Waals surface area contributed by atoms with Gasteiger partial charge in [-0.25, -0.2) is 4.79 Å². The minimum Gasteiger partial charge on any atom is -0.489 e. The SMILES string of the molecule is COC(=O)c1ccc(/C=C(/CNC2CCN(C(=O)C3CCCCC3)C2)COc2cccc3ccccc23)cc1. The highest BCUT2D eigenvalue weighted by atomic mass is 16.5. The molecule has 0 bridgehead atoms. The summed E-state index contributed by atoms with van der Waals surface area (Å²) >= 11 is 0. The summed E-state index contributed by atoms with van der Waals surface area (Å²) < 4.78 is 11.2. The van der Waals surface area contributed by atoms with Gasteiger partial charge in [0.05, 0.1) is 12.7 Å². The first-order valence-corrected chi connectivity index (χ1v) is 14.1. The van der Waals surface area contributed by atoms with Crippen molar-refractivity contribution in [3.05, 3.63) is 83.4 Å². The highest BCUT2D eigenvalue weighted by Crippen LogP contribution is 2.28. The van der Waals surface area contributed by atoms with E-state index in [4.69, 9.17) is 9.47 Å². The lowest BCUT2D eigenvalue weighted by Gasteiger charge is -2.26. The van der Waals surface area contributed by atoms with E-state index in [1.54, 1.807) is 12.1 Å². The standard InChI is InChI=1S/C33H38N2O4/c1-38-33(37)28-16-14-24(15-17-28)20-25(23-39-31-13-7-11-26-8-5-6-12-30(26)31)21-34-29-18-19-35(22-29)32(36)27-9-3-2-4-10-27/h5-8,11-17,20,27,29,34H,2-4,9-10,18-19,21-23H2,1H3/b25-20-. The van der Waals surface area contributed by atoms with Gasteiger partial charge in [-0.1, -0.05) is 73.9 Å². The molecule has 1 saturated carbocycles. The number of esters is 1. The maximum Gasteiger partial charge on any atom is 0.337 e. The van der Waals surface area contributed by atoms with E-state index in [1.165, 1.54) is 26.4 Å². The molecule has 0 radical (unpaired) electrons. The zero-order chi connectivity index (χ0) is 27.0. The second-order valence-corrected chi connectivity index (χ2v) is 10.7. The van der Waals surface area contributed by atoms with Gasteiger partial charge < -0.3 is 19.7 Å². The zero-order valence-electron chi connectivity index (χ0n) is 22.7. The molecule has 1 amide bonds. The van der Waals surface area contributed by atoms with Crippen molar-refractivity contribution in [2.45, 2.75) is 44.6 Å². The van der Waals surface area contributed by atoms with E-state index >= 15 is 0 Å². The van der Waals surface area contributed by atoms with Crippen molar-refractivity contribution in [2.24, 2.45) is 5.92 Å². The highest BCUT2D eigenvalue weighted by molar-refractivity contribution is 5.89. The average molecular weight is 527 g/mol. The van der Waals surface area contributed by atoms with Gasteiger partial charge in [0, 0.05) is 37.0 Å². The molecule has 1 N–H and O–H groups in total. The monoisotopic (exact) mass is 526 g/mol. The molecule has 1 aliphatic carbocycles. The Labute approximate surface area is 231 Å². The summed E-state index contributed by atoms with van der Waals surface area (Å²) in [4.78, 5) is 26.9. The Morgan fingerprint density at radius 2 is 1.72 bits per heavy atom. The quantitative estimate of drug-likeness (QED) is 0.354. The summed E-state index contributed by atoms with van der Waals surface area (Å²) in [5.74, 6) is 1.07. The molecule has 1 aliphatic heterocycles. The van der Waals surface area contributed by atoms with E-state index in [9.17, 15) is 9.59 Å². The van der Waals surface area contributed by atoms with Crippen molar-refractivity contribution in [2.75, 3.05) is 33.4 Å². The van der Waals surface area contributed by atoms with E-state index < -0.39 is 0 Å². The molecule has 1 unspecified atom stereocenters. The number of hydrogen-bond acceptors (Lipinski definition) is 5. The van der Waals surface area contributed by atoms with Crippen molar-refractivity contribution < 1.29 is 19.1 Å². The van der Waals surface area contributed by atoms with Crippen LogP contribution in [-0.2, 0) is 9.53 Å². The third-order valence-corrected chi connectivity index (χ3v) is 7.94. The second kappa shape index (κ2) is 12.9. The summed E-state index contributed by atoms with van der Waals surface area (Å²) in [6.07, 6.45) is 8.77. The first-order valence-electron chi connectivity index (χ1n) is 14.1. The Bertz CT molecular complexity index is 1310. The van der Waals surface area contributed by atoms with E-state index in [2.05, 4.69) is 34.5 Å². The molecule has 3 aromatic rings. The molecule has 6 heteroatoms. The van der Waals surface area contributed by atoms with Gasteiger partial charge in [0.2, 0.25) is 5.91 Å². The molecular formula is C33H38N2O4. The molecule has 2 fully saturated rings. The van der Waals surface area contributed by atoms with Crippen LogP contribution in [0.4, 0.5) is 0 Å². The Morgan fingerprint density at radius 3 is 2.51 bits per heavy atom. The lowest BCUT2D eigenvalue weighted by molar-refractivity contribution is -0.135. The molecule has 204 valence electrons. The van der Waals surface area contributed by atoms with E-state index in [1.807, 2.05) is 36.4 Å². The first-order chi connectivity index (χ1) is 19.1. The van der Waals surface area contributed by atoms with Gasteiger partial charge in [0.25, 0.3) is 0 Å². The number of fused-ring (bicyclic) bond motifs is 1. The van der Waals surface area contributed by atoms with Crippen LogP contribution in [0.25, 0.3) is 16.8 Å². The zero-order valence-corrected chi connectivity index (χ0v) is 22.7. The Hall–Kier alpha value is -3.64. The molecule has 0 spiro atoms. The fourth-order valence-electron chi connectivity index (χ4n) is 5.71. The van der Waals surface area contributed by atoms with Crippen LogP contribution in [0, 0.1) is 5.92 Å². The predicted octanol–water partition coefficient (Wildman–Crippen LogP) is 5.86. The summed E-state index contributed by atoms with van der Waals surface area (Å²) in [6, 6.07) is 22.0. The number of hydrogen-bond donors (Lipinski definition) is 1. The number of amides is 1. The van der Waals surface area contributed by atoms with Gasteiger partial charge in [-0.3, -0.25) is 4.79 Å². The number of carbonyl (C=O) groups is 2. The Balaban J connectivity index is 1.26. The van der Waals surface area contributed by atoms with Crippen molar-refractivity contribution in [1.82, 2.24) is 10.2 Å². The normalized spacial score (nSPS) is 18.3. The fourth-order valence-corrected chi connectivity index (χ4v) is 5.71. The molecule has 5 rings (SSSR count). The van der Waals surface area contributed by atoms with Crippen molar-refractivity contribution in [3.8, 4) is 5.75 Å². The first kappa shape index (κ1) is 26.9. The molecular weight excluding hydrogens is 488 g/mol. The predicted molar refractivity (Wildman–Crippen MR) is 155 cm³/mol. The molecule has 1 saturated heterocycles. The molecule has 1 heterocycles. The average Bonchev–Trinajstić information content (AvgIpc) is 3.47. The summed E-state index contributed by atoms with van der Waals surface area (Å²) in [5.41, 5.74) is 2.60. The Kier molecular flexibility index (Phi) is 8.94. The van der Waals surface area contributed by atoms with Gasteiger partial charge in [-0.15, -0.1) is 0 Å². The number of rotatable bonds is 9. The van der Waals surface area contributed by atoms with Crippen molar-refractivity contribution >= 4 is 28.7 Å². The van der Waals surface area contributed by atoms with Crippen LogP contribution in [0.3, 0.4) is 0 Å². The molecule has 0 aromatic heterocycles. The van der Waals surface area contributed by atoms with Crippen molar-refractivity contribution in [1.29, 1.82) is 0 Å². The molecule has 2 aliphatic rings. The van der Waals surface area contributed by atoms with Crippen LogP contribution < -0.4 is 10.1 Å². The van der Waals surface area contributed by atoms with E-state index in [0.717, 1.165) is 60.0 Å². The molecule has 1 atom stereocenters. The van der Waals surface area contributed by atoms with Gasteiger partial charge in [-0.05, 0) is 54.0 Å². The molecule has 39 heavy (non-hydrogen) atoms. The van der Waals surface area contributed by atoms with Crippen LogP contribution in [0.5, 0.6) is 5.75 Å². The van der Waals surface area contributed by atoms with Crippen molar-refractivity contribution in [3.63, 3.8) is 0 Å². The number of likely N-dealkylation sites (tertiary alicyclic amines) is 1. The number of methoxy groups -OCH3 is 1. The highest BCUT2D eigenvalue weighted by Gasteiger charge is 2.31. The van der Waals surface area contributed by atoms with Crippen LogP contribution in [-0.4, -0.2) is 56.2 Å². The number of carbonyl (C=O) groups excluding carboxylic acids is 2. The number of nitrogens with one attached hydrogen (secondary N) is 1. The van der Waals surface area contributed by atoms with Crippen LogP contribution in [0.15, 0.2) is 72.3 Å². The maximum absolute atomic E-state index is 13.0. The molecule has 3 aromatic carbocycles. The third kappa shape index (κ3) is 6.87. The lowest BCUT2D eigenvalue weighted by Crippen LogP contribution is -2.39. The van der Waals surface area contributed by atoms with E-state index in [-0.39, 0.29) is 17.9 Å². The number of benzene rings is 3. The third-order valence-electron chi connectivity index (χ3n) is 7.94. The summed E-state index contributed by atoms with van der Waals surface area (Å²) in [5, 5.41) is 5.92. The van der Waals surface area contributed by atoms with Crippen LogP contribution >= 0.6 is 0 Å². The maximum atomic E-state index is 13.0. The van der Waals surface area contributed by atoms with Gasteiger partial charge in [0.1, 0.15) is 12.4 Å². The van der Waals surface area contributed by atoms with Gasteiger partial charge in [-0.2, -0.15) is 0 Å². The summed E-state index contributed by atoms with van der Waals surface area (Å²) in [7, 11) is 1.39. The molecule has 6 nitrogen and oxygen atoms in total.